The van der Waals surface area contributed by atoms with Crippen LogP contribution in [0.1, 0.15) is 12.5 Å². The van der Waals surface area contributed by atoms with E-state index in [0.29, 0.717) is 6.61 Å². The monoisotopic (exact) mass is 317 g/mol. The van der Waals surface area contributed by atoms with Crippen LogP contribution in [0, 0.1) is 0 Å². The van der Waals surface area contributed by atoms with Gasteiger partial charge in [0.1, 0.15) is 0 Å². The minimum atomic E-state index is -0.292. The highest BCUT2D eigenvalue weighted by Gasteiger charge is 2.17. The molecule has 0 bridgehead atoms. The average molecular weight is 318 g/mol. The van der Waals surface area contributed by atoms with Gasteiger partial charge in [0.15, 0.2) is 6.29 Å². The third-order valence-electron chi connectivity index (χ3n) is 2.66. The van der Waals surface area contributed by atoms with Gasteiger partial charge in [-0.3, -0.25) is 0 Å². The first-order chi connectivity index (χ1) is 8.63. The van der Waals surface area contributed by atoms with Crippen LogP contribution in [0.2, 0.25) is 0 Å². The second-order valence-electron chi connectivity index (χ2n) is 3.97. The van der Waals surface area contributed by atoms with Gasteiger partial charge in [-0.25, -0.2) is 0 Å². The minimum Gasteiger partial charge on any atom is -0.380 e. The summed E-state index contributed by atoms with van der Waals surface area (Å²) in [6, 6.07) is 6.02. The third-order valence-corrected chi connectivity index (χ3v) is 3.41. The van der Waals surface area contributed by atoms with Crippen molar-refractivity contribution in [1.29, 1.82) is 0 Å². The molecular formula is C13H20BrNO3. The number of methoxy groups -OCH3 is 3. The zero-order valence-electron chi connectivity index (χ0n) is 11.2. The molecule has 0 aliphatic rings. The summed E-state index contributed by atoms with van der Waals surface area (Å²) in [5.41, 5.74) is 2.09. The van der Waals surface area contributed by atoms with Crippen LogP contribution in [-0.2, 0) is 20.8 Å². The van der Waals surface area contributed by atoms with E-state index in [1.807, 2.05) is 25.1 Å². The molecule has 1 aromatic carbocycles. The van der Waals surface area contributed by atoms with Gasteiger partial charge in [-0.1, -0.05) is 22.0 Å². The Morgan fingerprint density at radius 1 is 1.22 bits per heavy atom. The van der Waals surface area contributed by atoms with E-state index in [1.165, 1.54) is 0 Å². The van der Waals surface area contributed by atoms with Gasteiger partial charge in [0, 0.05) is 37.1 Å². The number of hydrogen-bond donors (Lipinski definition) is 1. The van der Waals surface area contributed by atoms with Crippen molar-refractivity contribution in [1.82, 2.24) is 0 Å². The molecule has 0 aromatic heterocycles. The van der Waals surface area contributed by atoms with E-state index in [1.54, 1.807) is 21.3 Å². The van der Waals surface area contributed by atoms with Crippen molar-refractivity contribution in [2.75, 3.05) is 26.6 Å². The number of nitrogens with one attached hydrogen (secondary N) is 1. The Balaban J connectivity index is 2.86. The Labute approximate surface area is 117 Å². The number of benzene rings is 1. The van der Waals surface area contributed by atoms with Gasteiger partial charge in [-0.15, -0.1) is 0 Å². The number of rotatable bonds is 7. The second kappa shape index (κ2) is 7.74. The van der Waals surface area contributed by atoms with Crippen molar-refractivity contribution in [3.8, 4) is 0 Å². The number of halogens is 1. The van der Waals surface area contributed by atoms with E-state index in [4.69, 9.17) is 14.2 Å². The zero-order chi connectivity index (χ0) is 13.5. The molecule has 1 rings (SSSR count). The normalized spacial score (nSPS) is 12.8. The van der Waals surface area contributed by atoms with Crippen LogP contribution >= 0.6 is 15.9 Å². The lowest BCUT2D eigenvalue weighted by atomic mass is 10.1. The quantitative estimate of drug-likeness (QED) is 0.785. The van der Waals surface area contributed by atoms with Crippen LogP contribution in [0.4, 0.5) is 5.69 Å². The molecule has 0 saturated carbocycles. The van der Waals surface area contributed by atoms with Gasteiger partial charge in [-0.05, 0) is 19.1 Å². The third kappa shape index (κ3) is 3.95. The molecule has 5 heteroatoms. The van der Waals surface area contributed by atoms with Crippen LogP contribution in [0.15, 0.2) is 22.7 Å². The molecule has 0 amide bonds. The molecule has 18 heavy (non-hydrogen) atoms. The highest BCUT2D eigenvalue weighted by atomic mass is 79.9. The Bertz CT molecular complexity index is 369. The van der Waals surface area contributed by atoms with Gasteiger partial charge < -0.3 is 19.5 Å². The van der Waals surface area contributed by atoms with E-state index in [0.717, 1.165) is 15.7 Å². The summed E-state index contributed by atoms with van der Waals surface area (Å²) < 4.78 is 16.7. The van der Waals surface area contributed by atoms with Crippen LogP contribution in [0.5, 0.6) is 0 Å². The summed E-state index contributed by atoms with van der Waals surface area (Å²) >= 11 is 3.53. The van der Waals surface area contributed by atoms with Crippen LogP contribution < -0.4 is 5.32 Å². The highest BCUT2D eigenvalue weighted by molar-refractivity contribution is 9.10. The summed E-state index contributed by atoms with van der Waals surface area (Å²) in [6.45, 7) is 2.55. The fourth-order valence-electron chi connectivity index (χ4n) is 1.80. The van der Waals surface area contributed by atoms with Crippen molar-refractivity contribution in [3.05, 3.63) is 28.2 Å². The predicted octanol–water partition coefficient (Wildman–Crippen LogP) is 3.01. The molecule has 1 aromatic rings. The summed E-state index contributed by atoms with van der Waals surface area (Å²) in [4.78, 5) is 0. The first-order valence-electron chi connectivity index (χ1n) is 5.72. The van der Waals surface area contributed by atoms with Crippen molar-refractivity contribution in [2.24, 2.45) is 0 Å². The molecule has 0 heterocycles. The molecule has 4 nitrogen and oxygen atoms in total. The van der Waals surface area contributed by atoms with E-state index in [9.17, 15) is 0 Å². The molecule has 1 N–H and O–H groups in total. The standard InChI is InChI=1S/C13H20BrNO3/c1-9(13(17-3)18-4)15-12-7-5-6-11(14)10(12)8-16-2/h5-7,9,13,15H,8H2,1-4H3. The number of ether oxygens (including phenoxy) is 3. The predicted molar refractivity (Wildman–Crippen MR) is 75.7 cm³/mol. The molecule has 1 unspecified atom stereocenters. The SMILES string of the molecule is COCc1c(Br)cccc1NC(C)C(OC)OC. The summed E-state index contributed by atoms with van der Waals surface area (Å²) in [5, 5.41) is 3.38. The minimum absolute atomic E-state index is 0.0323. The smallest absolute Gasteiger partial charge is 0.176 e. The Morgan fingerprint density at radius 2 is 1.89 bits per heavy atom. The number of hydrogen-bond acceptors (Lipinski definition) is 4. The Hall–Kier alpha value is -0.620. The van der Waals surface area contributed by atoms with Crippen LogP contribution in [0.25, 0.3) is 0 Å². The topological polar surface area (TPSA) is 39.7 Å². The number of anilines is 1. The maximum atomic E-state index is 5.24. The largest absolute Gasteiger partial charge is 0.380 e. The lowest BCUT2D eigenvalue weighted by Crippen LogP contribution is -2.34. The molecule has 0 radical (unpaired) electrons. The first-order valence-corrected chi connectivity index (χ1v) is 6.51. The molecule has 0 saturated heterocycles. The van der Waals surface area contributed by atoms with Gasteiger partial charge in [0.25, 0.3) is 0 Å². The maximum absolute atomic E-state index is 5.24. The van der Waals surface area contributed by atoms with Gasteiger partial charge in [0.05, 0.1) is 12.6 Å². The zero-order valence-corrected chi connectivity index (χ0v) is 12.8. The lowest BCUT2D eigenvalue weighted by molar-refractivity contribution is -0.109. The lowest BCUT2D eigenvalue weighted by Gasteiger charge is -2.24. The summed E-state index contributed by atoms with van der Waals surface area (Å²) in [6.07, 6.45) is -0.292. The first kappa shape index (κ1) is 15.4. The molecule has 0 aliphatic heterocycles. The van der Waals surface area contributed by atoms with E-state index >= 15 is 0 Å². The van der Waals surface area contributed by atoms with Crippen molar-refractivity contribution in [3.63, 3.8) is 0 Å². The molecular weight excluding hydrogens is 298 g/mol. The summed E-state index contributed by atoms with van der Waals surface area (Å²) in [7, 11) is 4.94. The molecule has 102 valence electrons. The van der Waals surface area contributed by atoms with Crippen LogP contribution in [-0.4, -0.2) is 33.7 Å². The average Bonchev–Trinajstić information content (AvgIpc) is 2.35. The van der Waals surface area contributed by atoms with E-state index in [2.05, 4.69) is 21.2 Å². The van der Waals surface area contributed by atoms with Crippen molar-refractivity contribution in [2.45, 2.75) is 25.9 Å². The van der Waals surface area contributed by atoms with Gasteiger partial charge >= 0.3 is 0 Å². The molecule has 1 atom stereocenters. The Morgan fingerprint density at radius 3 is 2.44 bits per heavy atom. The van der Waals surface area contributed by atoms with Gasteiger partial charge in [0.2, 0.25) is 0 Å². The van der Waals surface area contributed by atoms with E-state index in [-0.39, 0.29) is 12.3 Å². The fraction of sp³-hybridized carbons (Fsp3) is 0.538. The van der Waals surface area contributed by atoms with Crippen LogP contribution in [0.3, 0.4) is 0 Å². The summed E-state index contributed by atoms with van der Waals surface area (Å²) in [5.74, 6) is 0. The molecule has 0 fully saturated rings. The maximum Gasteiger partial charge on any atom is 0.176 e. The second-order valence-corrected chi connectivity index (χ2v) is 4.83. The highest BCUT2D eigenvalue weighted by Crippen LogP contribution is 2.26. The Kier molecular flexibility index (Phi) is 6.63. The van der Waals surface area contributed by atoms with Crippen molar-refractivity contribution >= 4 is 21.6 Å². The van der Waals surface area contributed by atoms with Gasteiger partial charge in [-0.2, -0.15) is 0 Å². The molecule has 0 spiro atoms. The molecule has 0 aliphatic carbocycles. The fourth-order valence-corrected chi connectivity index (χ4v) is 2.28. The van der Waals surface area contributed by atoms with Crippen molar-refractivity contribution < 1.29 is 14.2 Å². The van der Waals surface area contributed by atoms with E-state index < -0.39 is 0 Å².